The third-order valence-corrected chi connectivity index (χ3v) is 4.96. The highest BCUT2D eigenvalue weighted by atomic mass is 16.7. The van der Waals surface area contributed by atoms with Gasteiger partial charge in [-0.3, -0.25) is 4.79 Å². The van der Waals surface area contributed by atoms with Crippen LogP contribution >= 0.6 is 0 Å². The minimum Gasteiger partial charge on any atom is -0.506 e. The van der Waals surface area contributed by atoms with Crippen LogP contribution in [0.3, 0.4) is 0 Å². The summed E-state index contributed by atoms with van der Waals surface area (Å²) < 4.78 is 21.4. The fourth-order valence-electron chi connectivity index (χ4n) is 3.30. The number of ether oxygens (including phenoxy) is 4. The van der Waals surface area contributed by atoms with Crippen molar-refractivity contribution in [3.63, 3.8) is 0 Å². The van der Waals surface area contributed by atoms with Crippen molar-refractivity contribution in [2.45, 2.75) is 18.6 Å². The molecular formula is C24H27NO8. The summed E-state index contributed by atoms with van der Waals surface area (Å²) in [5.74, 6) is -1.20. The lowest BCUT2D eigenvalue weighted by atomic mass is 9.92. The number of carbonyl (C=O) groups is 2. The summed E-state index contributed by atoms with van der Waals surface area (Å²) in [6, 6.07) is 13.3. The molecule has 33 heavy (non-hydrogen) atoms. The molecule has 1 aliphatic rings. The quantitative estimate of drug-likeness (QED) is 0.283. The van der Waals surface area contributed by atoms with Gasteiger partial charge in [0.15, 0.2) is 5.76 Å². The molecule has 0 spiro atoms. The summed E-state index contributed by atoms with van der Waals surface area (Å²) in [4.78, 5) is 24.6. The molecule has 3 N–H and O–H groups in total. The van der Waals surface area contributed by atoms with Gasteiger partial charge < -0.3 is 34.5 Å². The van der Waals surface area contributed by atoms with E-state index in [0.29, 0.717) is 12.0 Å². The van der Waals surface area contributed by atoms with E-state index in [9.17, 15) is 14.7 Å². The van der Waals surface area contributed by atoms with Gasteiger partial charge >= 0.3 is 5.97 Å². The molecule has 2 aromatic rings. The molecule has 2 atom stereocenters. The number of methoxy groups -OCH3 is 1. The van der Waals surface area contributed by atoms with Crippen molar-refractivity contribution >= 4 is 17.6 Å². The molecule has 1 heterocycles. The number of esters is 1. The highest BCUT2D eigenvalue weighted by Crippen LogP contribution is 2.32. The van der Waals surface area contributed by atoms with Gasteiger partial charge in [-0.2, -0.15) is 0 Å². The lowest BCUT2D eigenvalue weighted by Crippen LogP contribution is -2.30. The second-order valence-electron chi connectivity index (χ2n) is 7.21. The van der Waals surface area contributed by atoms with Crippen LogP contribution in [0.5, 0.6) is 5.75 Å². The number of allylic oxidation sites excluding steroid dienone is 1. The Bertz CT molecular complexity index is 973. The van der Waals surface area contributed by atoms with Gasteiger partial charge in [-0.15, -0.1) is 0 Å². The molecule has 9 nitrogen and oxygen atoms in total. The van der Waals surface area contributed by atoms with Crippen molar-refractivity contribution in [3.8, 4) is 5.75 Å². The predicted octanol–water partition coefficient (Wildman–Crippen LogP) is 2.56. The van der Waals surface area contributed by atoms with Gasteiger partial charge in [0.2, 0.25) is 6.29 Å². The van der Waals surface area contributed by atoms with Crippen molar-refractivity contribution in [1.82, 2.24) is 0 Å². The summed E-state index contributed by atoms with van der Waals surface area (Å²) in [6.45, 7) is 0.607. The summed E-state index contributed by atoms with van der Waals surface area (Å²) in [6.07, 6.45) is 1.40. The second kappa shape index (κ2) is 12.0. The molecule has 0 radical (unpaired) electrons. The Balaban J connectivity index is 1.76. The van der Waals surface area contributed by atoms with E-state index in [1.54, 1.807) is 48.5 Å². The molecular weight excluding hydrogens is 430 g/mol. The molecule has 176 valence electrons. The Morgan fingerprint density at radius 2 is 1.85 bits per heavy atom. The monoisotopic (exact) mass is 457 g/mol. The van der Waals surface area contributed by atoms with Crippen LogP contribution in [0.15, 0.2) is 60.4 Å². The van der Waals surface area contributed by atoms with Gasteiger partial charge in [-0.25, -0.2) is 4.79 Å². The van der Waals surface area contributed by atoms with Gasteiger partial charge in [0.25, 0.3) is 5.91 Å². The first-order chi connectivity index (χ1) is 16.0. The van der Waals surface area contributed by atoms with E-state index in [1.165, 1.54) is 13.2 Å². The predicted molar refractivity (Wildman–Crippen MR) is 119 cm³/mol. The topological polar surface area (TPSA) is 124 Å². The van der Waals surface area contributed by atoms with E-state index in [-0.39, 0.29) is 49.5 Å². The zero-order valence-corrected chi connectivity index (χ0v) is 18.2. The Morgan fingerprint density at radius 1 is 1.09 bits per heavy atom. The van der Waals surface area contributed by atoms with E-state index in [0.717, 1.165) is 5.56 Å². The van der Waals surface area contributed by atoms with E-state index in [2.05, 4.69) is 5.32 Å². The SMILES string of the molecule is COC(=O)c1ccc([C@H]2C=C(C(=O)Nc3ccccc3O)O[C@@H](OCCOCCO)C2)cc1. The number of aliphatic hydroxyl groups is 1. The van der Waals surface area contributed by atoms with Crippen LogP contribution in [0, 0.1) is 0 Å². The van der Waals surface area contributed by atoms with Crippen molar-refractivity contribution in [2.24, 2.45) is 0 Å². The maximum absolute atomic E-state index is 12.9. The summed E-state index contributed by atoms with van der Waals surface area (Å²) in [5, 5.41) is 21.4. The Hall–Kier alpha value is -3.40. The molecule has 2 aromatic carbocycles. The van der Waals surface area contributed by atoms with Crippen molar-refractivity contribution in [2.75, 3.05) is 38.9 Å². The van der Waals surface area contributed by atoms with Crippen LogP contribution < -0.4 is 5.32 Å². The zero-order valence-electron chi connectivity index (χ0n) is 18.2. The molecule has 0 unspecified atom stereocenters. The number of carbonyl (C=O) groups excluding carboxylic acids is 2. The Kier molecular flexibility index (Phi) is 8.82. The van der Waals surface area contributed by atoms with Crippen molar-refractivity contribution < 1.29 is 38.7 Å². The van der Waals surface area contributed by atoms with Crippen LogP contribution in [0.25, 0.3) is 0 Å². The summed E-state index contributed by atoms with van der Waals surface area (Å²) >= 11 is 0. The number of hydrogen-bond donors (Lipinski definition) is 3. The highest BCUT2D eigenvalue weighted by molar-refractivity contribution is 6.03. The second-order valence-corrected chi connectivity index (χ2v) is 7.21. The minimum absolute atomic E-state index is 0.0489. The van der Waals surface area contributed by atoms with Gasteiger partial charge in [-0.1, -0.05) is 24.3 Å². The fourth-order valence-corrected chi connectivity index (χ4v) is 3.30. The number of amides is 1. The van der Waals surface area contributed by atoms with Gasteiger partial charge in [0, 0.05) is 12.3 Å². The Labute approximate surface area is 191 Å². The molecule has 0 fully saturated rings. The largest absolute Gasteiger partial charge is 0.506 e. The number of phenolic OH excluding ortho intramolecular Hbond substituents is 1. The molecule has 3 rings (SSSR count). The van der Waals surface area contributed by atoms with E-state index in [4.69, 9.17) is 24.1 Å². The summed E-state index contributed by atoms with van der Waals surface area (Å²) in [7, 11) is 1.32. The van der Waals surface area contributed by atoms with Crippen LogP contribution in [0.4, 0.5) is 5.69 Å². The molecule has 1 aliphatic heterocycles. The third kappa shape index (κ3) is 6.79. The van der Waals surface area contributed by atoms with Crippen LogP contribution in [-0.2, 0) is 23.7 Å². The van der Waals surface area contributed by atoms with Gasteiger partial charge in [0.05, 0.1) is 44.8 Å². The first-order valence-corrected chi connectivity index (χ1v) is 10.5. The molecule has 9 heteroatoms. The molecule has 1 amide bonds. The number of aromatic hydroxyl groups is 1. The average Bonchev–Trinajstić information content (AvgIpc) is 2.84. The first kappa shape index (κ1) is 24.2. The maximum atomic E-state index is 12.9. The van der Waals surface area contributed by atoms with Crippen LogP contribution in [0.1, 0.15) is 28.3 Å². The minimum atomic E-state index is -0.719. The van der Waals surface area contributed by atoms with Crippen LogP contribution in [0.2, 0.25) is 0 Å². The number of rotatable bonds is 10. The lowest BCUT2D eigenvalue weighted by Gasteiger charge is -2.29. The smallest absolute Gasteiger partial charge is 0.337 e. The molecule has 0 aliphatic carbocycles. The number of anilines is 1. The third-order valence-electron chi connectivity index (χ3n) is 4.96. The van der Waals surface area contributed by atoms with Crippen LogP contribution in [-0.4, -0.2) is 61.9 Å². The molecule has 0 saturated heterocycles. The number of para-hydroxylation sites is 2. The average molecular weight is 457 g/mol. The highest BCUT2D eigenvalue weighted by Gasteiger charge is 2.29. The molecule has 0 bridgehead atoms. The first-order valence-electron chi connectivity index (χ1n) is 10.5. The normalized spacial score (nSPS) is 17.6. The lowest BCUT2D eigenvalue weighted by molar-refractivity contribution is -0.148. The fraction of sp³-hybridized carbons (Fsp3) is 0.333. The van der Waals surface area contributed by atoms with Gasteiger partial charge in [-0.05, 0) is 35.9 Å². The standard InChI is InChI=1S/C24H27NO8/c1-30-24(29)17-8-6-16(7-9-17)18-14-21(23(28)25-19-4-2-3-5-20(19)27)33-22(15-18)32-13-12-31-11-10-26/h2-9,14,18,22,26-27H,10-13,15H2,1H3,(H,25,28)/t18-,22+/m0/s1. The Morgan fingerprint density at radius 3 is 2.55 bits per heavy atom. The van der Waals surface area contributed by atoms with E-state index in [1.807, 2.05) is 0 Å². The number of hydrogen-bond acceptors (Lipinski definition) is 8. The van der Waals surface area contributed by atoms with Crippen molar-refractivity contribution in [3.05, 3.63) is 71.5 Å². The number of benzene rings is 2. The maximum Gasteiger partial charge on any atom is 0.337 e. The zero-order chi connectivity index (χ0) is 23.6. The molecule has 0 saturated carbocycles. The summed E-state index contributed by atoms with van der Waals surface area (Å²) in [5.41, 5.74) is 1.54. The number of phenols is 1. The molecule has 0 aromatic heterocycles. The van der Waals surface area contributed by atoms with E-state index >= 15 is 0 Å². The number of aliphatic hydroxyl groups excluding tert-OH is 1. The van der Waals surface area contributed by atoms with Gasteiger partial charge in [0.1, 0.15) is 5.75 Å². The van der Waals surface area contributed by atoms with E-state index < -0.39 is 18.2 Å². The van der Waals surface area contributed by atoms with Crippen molar-refractivity contribution in [1.29, 1.82) is 0 Å². The number of nitrogens with one attached hydrogen (secondary N) is 1.